The van der Waals surface area contributed by atoms with Crippen LogP contribution in [0.25, 0.3) is 44.3 Å². The maximum absolute atomic E-state index is 13.0. The lowest BCUT2D eigenvalue weighted by Gasteiger charge is -2.12. The highest BCUT2D eigenvalue weighted by Gasteiger charge is 2.24. The van der Waals surface area contributed by atoms with Crippen LogP contribution < -0.4 is 16.4 Å². The Bertz CT molecular complexity index is 2490. The minimum absolute atomic E-state index is 0.0932. The summed E-state index contributed by atoms with van der Waals surface area (Å²) in [6.07, 6.45) is 9.24. The lowest BCUT2D eigenvalue weighted by atomic mass is 9.98. The fourth-order valence-electron chi connectivity index (χ4n) is 5.64. The first-order chi connectivity index (χ1) is 24.4. The number of aryl methyl sites for hydroxylation is 4. The van der Waals surface area contributed by atoms with Crippen LogP contribution in [0, 0.1) is 13.8 Å². The monoisotopic (exact) mass is 721 g/mol. The van der Waals surface area contributed by atoms with Gasteiger partial charge in [0, 0.05) is 60.0 Å². The summed E-state index contributed by atoms with van der Waals surface area (Å²) < 4.78 is 3.02. The molecule has 2 aromatic carbocycles. The Morgan fingerprint density at radius 1 is 0.725 bits per heavy atom. The third-order valence-electron chi connectivity index (χ3n) is 8.70. The van der Waals surface area contributed by atoms with Gasteiger partial charge in [0.05, 0.1) is 5.56 Å². The predicted molar refractivity (Wildman–Crippen MR) is 201 cm³/mol. The summed E-state index contributed by atoms with van der Waals surface area (Å²) in [5, 5.41) is 14.9. The number of thioether (sulfide) groups is 2. The second kappa shape index (κ2) is 14.5. The molecule has 2 N–H and O–H groups in total. The molecule has 1 saturated carbocycles. The number of hydrogen-bond acceptors (Lipinski definition) is 10. The number of benzene rings is 2. The Kier molecular flexibility index (Phi) is 10.1. The number of hydrogen-bond donors (Lipinski definition) is 2. The van der Waals surface area contributed by atoms with Crippen molar-refractivity contribution < 1.29 is 14.7 Å². The molecule has 0 radical (unpaired) electrons. The average molecular weight is 722 g/mol. The quantitative estimate of drug-likeness (QED) is 0.155. The predicted octanol–water partition coefficient (Wildman–Crippen LogP) is 5.64. The molecule has 0 saturated heterocycles. The molecule has 0 bridgehead atoms. The first-order valence-electron chi connectivity index (χ1n) is 16.0. The number of rotatable bonds is 7. The second-order valence-electron chi connectivity index (χ2n) is 12.2. The van der Waals surface area contributed by atoms with Gasteiger partial charge in [-0.3, -0.25) is 23.5 Å². The Labute approximate surface area is 301 Å². The number of nitrogens with one attached hydrogen (secondary N) is 1. The summed E-state index contributed by atoms with van der Waals surface area (Å²) >= 11 is 2.84. The van der Waals surface area contributed by atoms with E-state index < -0.39 is 5.97 Å². The number of carbonyl (C=O) groups excluding carboxylic acids is 1. The zero-order valence-electron chi connectivity index (χ0n) is 28.8. The van der Waals surface area contributed by atoms with Crippen LogP contribution in [0.15, 0.2) is 80.8 Å². The second-order valence-corrected chi connectivity index (χ2v) is 13.8. The van der Waals surface area contributed by atoms with E-state index in [4.69, 9.17) is 0 Å². The molecule has 4 aromatic heterocycles. The molecule has 0 unspecified atom stereocenters. The van der Waals surface area contributed by atoms with Gasteiger partial charge in [0.15, 0.2) is 10.3 Å². The van der Waals surface area contributed by atoms with E-state index in [1.807, 2.05) is 38.5 Å². The molecular weight excluding hydrogens is 687 g/mol. The molecular formula is C37H35N7O5S2. The van der Waals surface area contributed by atoms with Gasteiger partial charge in [-0.05, 0) is 97.9 Å². The van der Waals surface area contributed by atoms with Crippen LogP contribution >= 0.6 is 23.5 Å². The summed E-state index contributed by atoms with van der Waals surface area (Å²) in [5.74, 6) is -1.12. The normalized spacial score (nSPS) is 12.4. The van der Waals surface area contributed by atoms with Gasteiger partial charge in [-0.2, -0.15) is 0 Å². The number of amides is 1. The molecule has 1 amide bonds. The van der Waals surface area contributed by atoms with Crippen LogP contribution in [-0.4, -0.2) is 64.6 Å². The van der Waals surface area contributed by atoms with Gasteiger partial charge in [0.1, 0.15) is 11.3 Å². The fourth-order valence-corrected chi connectivity index (χ4v) is 6.31. The molecule has 1 aliphatic rings. The van der Waals surface area contributed by atoms with Crippen molar-refractivity contribution >= 4 is 57.5 Å². The van der Waals surface area contributed by atoms with Gasteiger partial charge in [0.25, 0.3) is 17.0 Å². The molecule has 7 rings (SSSR count). The van der Waals surface area contributed by atoms with E-state index in [-0.39, 0.29) is 22.6 Å². The average Bonchev–Trinajstić information content (AvgIpc) is 3.95. The number of nitrogens with zero attached hydrogens (tertiary/aromatic N) is 6. The number of pyridine rings is 2. The van der Waals surface area contributed by atoms with Crippen molar-refractivity contribution in [3.05, 3.63) is 104 Å². The number of fused-ring (bicyclic) bond motifs is 2. The van der Waals surface area contributed by atoms with Crippen LogP contribution in [0.2, 0.25) is 0 Å². The van der Waals surface area contributed by atoms with Crippen molar-refractivity contribution in [2.75, 3.05) is 12.5 Å². The Morgan fingerprint density at radius 2 is 1.18 bits per heavy atom. The molecule has 12 nitrogen and oxygen atoms in total. The highest BCUT2D eigenvalue weighted by molar-refractivity contribution is 7.98. The van der Waals surface area contributed by atoms with Gasteiger partial charge in [0.2, 0.25) is 0 Å². The molecule has 1 fully saturated rings. The SMILES string of the molecule is CSc1ncc2cc(-c3cc(C(=O)NC4CC4)ccc3C)c(=O)n(C)c2n1.CSc1ncc2cc(-c3cc(C(=O)O)ccc3C)c(=O)n(C)c2n1. The van der Waals surface area contributed by atoms with Gasteiger partial charge in [-0.15, -0.1) is 0 Å². The van der Waals surface area contributed by atoms with Gasteiger partial charge >= 0.3 is 5.97 Å². The van der Waals surface area contributed by atoms with Crippen LogP contribution in [0.1, 0.15) is 44.7 Å². The largest absolute Gasteiger partial charge is 0.478 e. The highest BCUT2D eigenvalue weighted by Crippen LogP contribution is 2.27. The van der Waals surface area contributed by atoms with E-state index in [0.717, 1.165) is 40.3 Å². The number of aromatic nitrogens is 6. The van der Waals surface area contributed by atoms with Crippen LogP contribution in [0.3, 0.4) is 0 Å². The molecule has 260 valence electrons. The number of aromatic carboxylic acids is 1. The van der Waals surface area contributed by atoms with Crippen molar-refractivity contribution in [3.8, 4) is 22.3 Å². The summed E-state index contributed by atoms with van der Waals surface area (Å²) in [4.78, 5) is 66.8. The lowest BCUT2D eigenvalue weighted by molar-refractivity contribution is 0.0696. The van der Waals surface area contributed by atoms with Crippen LogP contribution in [0.5, 0.6) is 0 Å². The first kappa shape index (κ1) is 35.5. The Morgan fingerprint density at radius 3 is 1.61 bits per heavy atom. The summed E-state index contributed by atoms with van der Waals surface area (Å²) in [5.41, 5.74) is 5.62. The van der Waals surface area contributed by atoms with Crippen molar-refractivity contribution in [1.29, 1.82) is 0 Å². The summed E-state index contributed by atoms with van der Waals surface area (Å²) in [7, 11) is 3.37. The van der Waals surface area contributed by atoms with Gasteiger partial charge in [-0.1, -0.05) is 35.7 Å². The minimum Gasteiger partial charge on any atom is -0.478 e. The minimum atomic E-state index is -1.03. The van der Waals surface area contributed by atoms with E-state index in [0.29, 0.717) is 49.9 Å². The van der Waals surface area contributed by atoms with Crippen molar-refractivity contribution in [2.24, 2.45) is 14.1 Å². The molecule has 6 aromatic rings. The smallest absolute Gasteiger partial charge is 0.335 e. The van der Waals surface area contributed by atoms with E-state index in [2.05, 4.69) is 25.3 Å². The maximum atomic E-state index is 13.0. The van der Waals surface area contributed by atoms with Crippen LogP contribution in [-0.2, 0) is 14.1 Å². The standard InChI is InChI=1S/C20H20N4O2S.C17H15N3O3S/c1-11-4-5-12(18(25)22-14-6-7-14)8-15(11)16-9-13-10-21-20(27-3)23-17(13)24(2)19(16)26;1-9-4-5-10(16(22)23)6-12(9)13-7-11-8-18-17(24-3)19-14(11)20(2)15(13)21/h4-5,8-10,14H,6-7H2,1-3H3,(H,22,25);4-8H,1-3H3,(H,22,23). The van der Waals surface area contributed by atoms with E-state index in [1.165, 1.54) is 40.2 Å². The van der Waals surface area contributed by atoms with Crippen molar-refractivity contribution in [2.45, 2.75) is 43.0 Å². The third-order valence-corrected chi connectivity index (χ3v) is 9.82. The zero-order valence-corrected chi connectivity index (χ0v) is 30.5. The zero-order chi connectivity index (χ0) is 36.6. The fraction of sp³-hybridized carbons (Fsp3) is 0.243. The van der Waals surface area contributed by atoms with Crippen molar-refractivity contribution in [3.63, 3.8) is 0 Å². The van der Waals surface area contributed by atoms with Gasteiger partial charge in [-0.25, -0.2) is 24.7 Å². The molecule has 0 aliphatic heterocycles. The summed E-state index contributed by atoms with van der Waals surface area (Å²) in [6, 6.07) is 14.1. The van der Waals surface area contributed by atoms with E-state index >= 15 is 0 Å². The van der Waals surface area contributed by atoms with Gasteiger partial charge < -0.3 is 10.4 Å². The van der Waals surface area contributed by atoms with Crippen LogP contribution in [0.4, 0.5) is 0 Å². The number of carboxylic acid groups (broad SMARTS) is 1. The molecule has 4 heterocycles. The first-order valence-corrected chi connectivity index (χ1v) is 18.4. The van der Waals surface area contributed by atoms with E-state index in [9.17, 15) is 24.3 Å². The number of carboxylic acids is 1. The third kappa shape index (κ3) is 7.28. The number of carbonyl (C=O) groups is 2. The molecule has 51 heavy (non-hydrogen) atoms. The Balaban J connectivity index is 0.000000177. The molecule has 0 spiro atoms. The van der Waals surface area contributed by atoms with Crippen molar-refractivity contribution in [1.82, 2.24) is 34.4 Å². The van der Waals surface area contributed by atoms with E-state index in [1.54, 1.807) is 55.3 Å². The molecule has 0 atom stereocenters. The topological polar surface area (TPSA) is 162 Å². The highest BCUT2D eigenvalue weighted by atomic mass is 32.2. The summed E-state index contributed by atoms with van der Waals surface area (Å²) in [6.45, 7) is 3.78. The maximum Gasteiger partial charge on any atom is 0.335 e. The molecule has 14 heteroatoms. The lowest BCUT2D eigenvalue weighted by Crippen LogP contribution is -2.25. The molecule has 1 aliphatic carbocycles. The Hall–Kier alpha value is -5.34.